The highest BCUT2D eigenvalue weighted by Gasteiger charge is 2.37. The number of hydrogen-bond acceptors (Lipinski definition) is 6. The first-order chi connectivity index (χ1) is 17.3. The number of carbonyl (C=O) groups excluding carboxylic acids is 1. The second kappa shape index (κ2) is 11.1. The summed E-state index contributed by atoms with van der Waals surface area (Å²) in [5, 5.41) is 29.9. The van der Waals surface area contributed by atoms with Crippen molar-refractivity contribution >= 4 is 23.2 Å². The Kier molecular flexibility index (Phi) is 7.92. The molecule has 0 saturated carbocycles. The molecule has 4 rings (SSSR count). The van der Waals surface area contributed by atoms with E-state index in [0.717, 1.165) is 11.3 Å². The molecule has 186 valence electrons. The summed E-state index contributed by atoms with van der Waals surface area (Å²) < 4.78 is 5.46. The van der Waals surface area contributed by atoms with Crippen molar-refractivity contribution in [3.05, 3.63) is 94.5 Å². The summed E-state index contributed by atoms with van der Waals surface area (Å²) in [5.41, 5.74) is 1.64. The molecule has 3 aromatic rings. The maximum Gasteiger partial charge on any atom is 0.241 e. The molecular formula is C28H28ClN3O4. The molecule has 0 bridgehead atoms. The molecule has 7 nitrogen and oxygen atoms in total. The fourth-order valence-corrected chi connectivity index (χ4v) is 4.64. The zero-order chi connectivity index (χ0) is 25.7. The molecule has 3 aromatic carbocycles. The number of β-amino-alcohol motifs (C(OH)–C–C–N with tert-alkyl or cyclic N) is 1. The lowest BCUT2D eigenvalue weighted by Crippen LogP contribution is -2.55. The average molecular weight is 506 g/mol. The zero-order valence-electron chi connectivity index (χ0n) is 20.0. The number of benzene rings is 3. The van der Waals surface area contributed by atoms with Gasteiger partial charge in [-0.25, -0.2) is 0 Å². The third kappa shape index (κ3) is 5.86. The molecule has 1 aliphatic rings. The smallest absolute Gasteiger partial charge is 0.241 e. The van der Waals surface area contributed by atoms with Gasteiger partial charge < -0.3 is 19.8 Å². The monoisotopic (exact) mass is 505 g/mol. The van der Waals surface area contributed by atoms with E-state index in [2.05, 4.69) is 6.07 Å². The summed E-state index contributed by atoms with van der Waals surface area (Å²) in [7, 11) is 0. The van der Waals surface area contributed by atoms with Crippen LogP contribution < -0.4 is 9.64 Å². The number of piperazine rings is 1. The molecule has 1 fully saturated rings. The van der Waals surface area contributed by atoms with Crippen molar-refractivity contribution in [3.63, 3.8) is 0 Å². The van der Waals surface area contributed by atoms with Crippen LogP contribution in [0.15, 0.2) is 72.8 Å². The van der Waals surface area contributed by atoms with Crippen LogP contribution in [0.2, 0.25) is 5.02 Å². The minimum atomic E-state index is -1.22. The van der Waals surface area contributed by atoms with Crippen LogP contribution in [0.3, 0.4) is 0 Å². The van der Waals surface area contributed by atoms with Crippen LogP contribution in [0.5, 0.6) is 5.75 Å². The summed E-state index contributed by atoms with van der Waals surface area (Å²) in [5.74, 6) is 0.515. The Morgan fingerprint density at radius 1 is 1.08 bits per heavy atom. The number of halogens is 1. The lowest BCUT2D eigenvalue weighted by atomic mass is 9.93. The van der Waals surface area contributed by atoms with Crippen LogP contribution in [0, 0.1) is 11.3 Å². The van der Waals surface area contributed by atoms with Crippen molar-refractivity contribution in [1.29, 1.82) is 5.26 Å². The number of rotatable bonds is 8. The van der Waals surface area contributed by atoms with Crippen molar-refractivity contribution in [2.45, 2.75) is 18.6 Å². The highest BCUT2D eigenvalue weighted by atomic mass is 35.5. The van der Waals surface area contributed by atoms with Gasteiger partial charge in [-0.1, -0.05) is 35.9 Å². The number of hydrogen-bond donors (Lipinski definition) is 2. The van der Waals surface area contributed by atoms with Crippen LogP contribution in [0.4, 0.5) is 5.69 Å². The Labute approximate surface area is 215 Å². The van der Waals surface area contributed by atoms with Crippen molar-refractivity contribution in [2.24, 2.45) is 0 Å². The van der Waals surface area contributed by atoms with Gasteiger partial charge in [0, 0.05) is 23.8 Å². The van der Waals surface area contributed by atoms with Crippen LogP contribution in [-0.2, 0) is 10.4 Å². The zero-order valence-corrected chi connectivity index (χ0v) is 20.7. The molecule has 0 aromatic heterocycles. The molecule has 1 amide bonds. The normalized spacial score (nSPS) is 17.9. The van der Waals surface area contributed by atoms with Gasteiger partial charge in [0.05, 0.1) is 36.4 Å². The fraction of sp³-hybridized carbons (Fsp3) is 0.286. The van der Waals surface area contributed by atoms with Crippen molar-refractivity contribution in [2.75, 3.05) is 37.7 Å². The van der Waals surface area contributed by atoms with Gasteiger partial charge in [-0.2, -0.15) is 5.26 Å². The predicted octanol–water partition coefficient (Wildman–Crippen LogP) is 3.88. The number of anilines is 1. The number of amides is 1. The quantitative estimate of drug-likeness (QED) is 0.482. The number of carbonyl (C=O) groups is 1. The standard InChI is InChI=1S/C28H28ClN3O4/c1-28(35,22-6-2-20(16-30)3-7-22)19-31-17-26(21-4-8-23(29)9-5-21)32(27(34)18-31)24-10-12-25(13-11-24)36-15-14-33/h2-13,26,33,35H,14-15,17-19H2,1H3/t26-,28+/m0/s1. The molecule has 1 aliphatic heterocycles. The third-order valence-electron chi connectivity index (χ3n) is 6.27. The van der Waals surface area contributed by atoms with Crippen LogP contribution >= 0.6 is 11.6 Å². The highest BCUT2D eigenvalue weighted by Crippen LogP contribution is 2.34. The Bertz CT molecular complexity index is 1220. The van der Waals surface area contributed by atoms with Crippen molar-refractivity contribution in [3.8, 4) is 11.8 Å². The third-order valence-corrected chi connectivity index (χ3v) is 6.52. The van der Waals surface area contributed by atoms with Gasteiger partial charge in [0.2, 0.25) is 5.91 Å². The number of aliphatic hydroxyl groups excluding tert-OH is 1. The van der Waals surface area contributed by atoms with E-state index in [1.54, 1.807) is 60.4 Å². The first-order valence-electron chi connectivity index (χ1n) is 11.7. The minimum absolute atomic E-state index is 0.0763. The van der Waals surface area contributed by atoms with Crippen molar-refractivity contribution in [1.82, 2.24) is 4.90 Å². The average Bonchev–Trinajstić information content (AvgIpc) is 2.88. The first-order valence-corrected chi connectivity index (χ1v) is 12.0. The minimum Gasteiger partial charge on any atom is -0.491 e. The fourth-order valence-electron chi connectivity index (χ4n) is 4.51. The predicted molar refractivity (Wildman–Crippen MR) is 138 cm³/mol. The van der Waals surface area contributed by atoms with Gasteiger partial charge in [-0.05, 0) is 66.6 Å². The van der Waals surface area contributed by atoms with Crippen LogP contribution in [-0.4, -0.2) is 53.9 Å². The number of ether oxygens (including phenoxy) is 1. The molecule has 0 spiro atoms. The lowest BCUT2D eigenvalue weighted by Gasteiger charge is -2.43. The van der Waals surface area contributed by atoms with Crippen LogP contribution in [0.1, 0.15) is 29.7 Å². The van der Waals surface area contributed by atoms with Gasteiger partial charge >= 0.3 is 0 Å². The molecular weight excluding hydrogens is 478 g/mol. The van der Waals surface area contributed by atoms with Crippen LogP contribution in [0.25, 0.3) is 0 Å². The van der Waals surface area contributed by atoms with Crippen molar-refractivity contribution < 1.29 is 19.7 Å². The summed E-state index contributed by atoms with van der Waals surface area (Å²) in [6, 6.07) is 23.3. The van der Waals surface area contributed by atoms with E-state index in [1.807, 2.05) is 29.2 Å². The van der Waals surface area contributed by atoms with E-state index in [0.29, 0.717) is 28.4 Å². The van der Waals surface area contributed by atoms with Gasteiger partial charge in [-0.15, -0.1) is 0 Å². The van der Waals surface area contributed by atoms with Gasteiger partial charge in [0.25, 0.3) is 0 Å². The largest absolute Gasteiger partial charge is 0.491 e. The molecule has 8 heteroatoms. The van der Waals surface area contributed by atoms with E-state index >= 15 is 0 Å². The molecule has 2 atom stereocenters. The second-order valence-corrected chi connectivity index (χ2v) is 9.47. The summed E-state index contributed by atoms with van der Waals surface area (Å²) >= 11 is 6.12. The van der Waals surface area contributed by atoms with E-state index in [4.69, 9.17) is 26.7 Å². The van der Waals surface area contributed by atoms with Gasteiger partial charge in [0.1, 0.15) is 12.4 Å². The van der Waals surface area contributed by atoms with E-state index < -0.39 is 5.60 Å². The molecule has 0 unspecified atom stereocenters. The molecule has 36 heavy (non-hydrogen) atoms. The second-order valence-electron chi connectivity index (χ2n) is 9.03. The number of nitrogens with zero attached hydrogens (tertiary/aromatic N) is 3. The molecule has 0 radical (unpaired) electrons. The van der Waals surface area contributed by atoms with Gasteiger partial charge in [-0.3, -0.25) is 9.69 Å². The number of aliphatic hydroxyl groups is 2. The summed E-state index contributed by atoms with van der Waals surface area (Å²) in [4.78, 5) is 17.2. The Hall–Kier alpha value is -3.41. The van der Waals surface area contributed by atoms with E-state index in [9.17, 15) is 9.90 Å². The van der Waals surface area contributed by atoms with E-state index in [1.165, 1.54) is 0 Å². The number of nitriles is 1. The van der Waals surface area contributed by atoms with E-state index in [-0.39, 0.29) is 38.3 Å². The Balaban J connectivity index is 1.60. The Morgan fingerprint density at radius 3 is 2.36 bits per heavy atom. The Morgan fingerprint density at radius 2 is 1.75 bits per heavy atom. The maximum atomic E-state index is 13.5. The summed E-state index contributed by atoms with van der Waals surface area (Å²) in [6.07, 6.45) is 0. The van der Waals surface area contributed by atoms with Gasteiger partial charge in [0.15, 0.2) is 0 Å². The molecule has 1 saturated heterocycles. The molecule has 2 N–H and O–H groups in total. The highest BCUT2D eigenvalue weighted by molar-refractivity contribution is 6.30. The molecule has 1 heterocycles. The lowest BCUT2D eigenvalue weighted by molar-refractivity contribution is -0.123. The maximum absolute atomic E-state index is 13.5. The first kappa shape index (κ1) is 25.7. The SMILES string of the molecule is C[C@@](O)(CN1CC(=O)N(c2ccc(OCCO)cc2)[C@H](c2ccc(Cl)cc2)C1)c1ccc(C#N)cc1. The summed E-state index contributed by atoms with van der Waals surface area (Å²) in [6.45, 7) is 2.72. The molecule has 0 aliphatic carbocycles. The topological polar surface area (TPSA) is 97.0 Å².